The molecule has 1 aliphatic rings. The summed E-state index contributed by atoms with van der Waals surface area (Å²) >= 11 is 1.71. The van der Waals surface area contributed by atoms with E-state index >= 15 is 0 Å². The van der Waals surface area contributed by atoms with Crippen LogP contribution in [0.15, 0.2) is 70.9 Å². The lowest BCUT2D eigenvalue weighted by atomic mass is 10.1. The second-order valence-electron chi connectivity index (χ2n) is 5.67. The fourth-order valence-corrected chi connectivity index (χ4v) is 4.08. The van der Waals surface area contributed by atoms with Gasteiger partial charge in [0.2, 0.25) is 0 Å². The van der Waals surface area contributed by atoms with Gasteiger partial charge in [-0.2, -0.15) is 0 Å². The number of aromatic nitrogens is 1. The molecule has 25 heavy (non-hydrogen) atoms. The zero-order chi connectivity index (χ0) is 17.2. The fourth-order valence-electron chi connectivity index (χ4n) is 2.76. The van der Waals surface area contributed by atoms with Gasteiger partial charge in [0, 0.05) is 23.9 Å². The van der Waals surface area contributed by atoms with Crippen LogP contribution < -0.4 is 4.74 Å². The van der Waals surface area contributed by atoms with Crippen molar-refractivity contribution in [1.29, 1.82) is 0 Å². The van der Waals surface area contributed by atoms with Gasteiger partial charge in [-0.1, -0.05) is 12.1 Å². The van der Waals surface area contributed by atoms with Crippen LogP contribution in [0.25, 0.3) is 0 Å². The van der Waals surface area contributed by atoms with E-state index in [1.807, 2.05) is 18.2 Å². The Morgan fingerprint density at radius 3 is 2.56 bits per heavy atom. The number of benzene rings is 2. The molecule has 4 rings (SSSR count). The Bertz CT molecular complexity index is 911. The first-order valence-electron chi connectivity index (χ1n) is 7.77. The number of ether oxygens (including phenoxy) is 1. The van der Waals surface area contributed by atoms with Gasteiger partial charge < -0.3 is 9.84 Å². The smallest absolute Gasteiger partial charge is 0.144 e. The van der Waals surface area contributed by atoms with Gasteiger partial charge in [0.05, 0.1) is 10.6 Å². The number of pyridine rings is 1. The Morgan fingerprint density at radius 2 is 1.84 bits per heavy atom. The third kappa shape index (κ3) is 3.21. The number of nitroso groups, excluding NO2 is 1. The van der Waals surface area contributed by atoms with Gasteiger partial charge in [0.1, 0.15) is 22.9 Å². The number of phenolic OH excluding ortho intramolecular Hbond substituents is 1. The molecule has 0 saturated carbocycles. The number of aromatic hydroxyl groups is 1. The number of fused-ring (bicyclic) bond motifs is 1. The number of nitrogens with zero attached hydrogens (tertiary/aromatic N) is 2. The molecular formula is C19H14N2O3S. The quantitative estimate of drug-likeness (QED) is 0.641. The number of hydrogen-bond donors (Lipinski definition) is 1. The third-order valence-corrected chi connectivity index (χ3v) is 5.41. The van der Waals surface area contributed by atoms with Gasteiger partial charge in [0.25, 0.3) is 0 Å². The van der Waals surface area contributed by atoms with Crippen LogP contribution in [0.4, 0.5) is 5.69 Å². The van der Waals surface area contributed by atoms with Crippen molar-refractivity contribution in [3.63, 3.8) is 0 Å². The van der Waals surface area contributed by atoms with Gasteiger partial charge in [-0.3, -0.25) is 4.98 Å². The van der Waals surface area contributed by atoms with E-state index in [0.717, 1.165) is 28.3 Å². The molecule has 0 saturated heterocycles. The third-order valence-electron chi connectivity index (χ3n) is 4.02. The van der Waals surface area contributed by atoms with Crippen LogP contribution in [0.3, 0.4) is 0 Å². The molecule has 0 aliphatic carbocycles. The highest BCUT2D eigenvalue weighted by molar-refractivity contribution is 8.00. The van der Waals surface area contributed by atoms with Crippen LogP contribution in [0.2, 0.25) is 0 Å². The first-order chi connectivity index (χ1) is 12.2. The molecular weight excluding hydrogens is 336 g/mol. The van der Waals surface area contributed by atoms with E-state index in [1.54, 1.807) is 54.4 Å². The largest absolute Gasteiger partial charge is 0.508 e. The Hall–Kier alpha value is -2.86. The van der Waals surface area contributed by atoms with E-state index < -0.39 is 0 Å². The van der Waals surface area contributed by atoms with E-state index in [4.69, 9.17) is 4.74 Å². The highest BCUT2D eigenvalue weighted by Crippen LogP contribution is 2.50. The van der Waals surface area contributed by atoms with Crippen molar-refractivity contribution in [2.75, 3.05) is 0 Å². The first-order valence-corrected chi connectivity index (χ1v) is 8.65. The normalized spacial score (nSPS) is 15.6. The molecule has 0 amide bonds. The van der Waals surface area contributed by atoms with Crippen LogP contribution in [-0.2, 0) is 6.42 Å². The lowest BCUT2D eigenvalue weighted by Crippen LogP contribution is -1.93. The molecule has 0 fully saturated rings. The molecule has 0 spiro atoms. The molecule has 1 aliphatic heterocycles. The van der Waals surface area contributed by atoms with Crippen LogP contribution in [-0.4, -0.2) is 10.1 Å². The maximum atomic E-state index is 10.5. The molecule has 1 aromatic heterocycles. The minimum absolute atomic E-state index is 0.245. The molecule has 3 aromatic rings. The summed E-state index contributed by atoms with van der Waals surface area (Å²) in [6.07, 6.45) is 2.56. The van der Waals surface area contributed by atoms with Crippen molar-refractivity contribution in [2.45, 2.75) is 16.6 Å². The zero-order valence-corrected chi connectivity index (χ0v) is 13.9. The summed E-state index contributed by atoms with van der Waals surface area (Å²) in [6.45, 7) is 0. The van der Waals surface area contributed by atoms with E-state index in [-0.39, 0.29) is 11.0 Å². The predicted molar refractivity (Wildman–Crippen MR) is 96.6 cm³/mol. The fraction of sp³-hybridized carbons (Fsp3) is 0.105. The number of thioether (sulfide) groups is 1. The number of hydrogen-bond acceptors (Lipinski definition) is 6. The highest BCUT2D eigenvalue weighted by Gasteiger charge is 2.28. The summed E-state index contributed by atoms with van der Waals surface area (Å²) in [4.78, 5) is 16.0. The van der Waals surface area contributed by atoms with Gasteiger partial charge in [0.15, 0.2) is 0 Å². The van der Waals surface area contributed by atoms with Crippen LogP contribution in [0, 0.1) is 4.91 Å². The lowest BCUT2D eigenvalue weighted by molar-refractivity contribution is 0.469. The van der Waals surface area contributed by atoms with Gasteiger partial charge in [-0.15, -0.1) is 16.7 Å². The van der Waals surface area contributed by atoms with E-state index in [9.17, 15) is 10.0 Å². The van der Waals surface area contributed by atoms with Crippen molar-refractivity contribution < 1.29 is 9.84 Å². The van der Waals surface area contributed by atoms with E-state index in [0.29, 0.717) is 11.4 Å². The molecule has 1 atom stereocenters. The van der Waals surface area contributed by atoms with Gasteiger partial charge in [-0.05, 0) is 47.1 Å². The Labute approximate surface area is 148 Å². The summed E-state index contributed by atoms with van der Waals surface area (Å²) in [6, 6.07) is 15.8. The molecule has 2 aromatic carbocycles. The summed E-state index contributed by atoms with van der Waals surface area (Å²) < 4.78 is 5.98. The van der Waals surface area contributed by atoms with E-state index in [2.05, 4.69) is 10.2 Å². The van der Waals surface area contributed by atoms with Gasteiger partial charge in [-0.25, -0.2) is 0 Å². The minimum Gasteiger partial charge on any atom is -0.508 e. The average Bonchev–Trinajstić information content (AvgIpc) is 3.08. The van der Waals surface area contributed by atoms with Crippen molar-refractivity contribution in [3.05, 3.63) is 77.0 Å². The standard InChI is InChI=1S/C19H14N2O3S/c22-14-5-1-12(2-6-14)18-11-16-19(25-18)17(9-10-20-16)24-15-7-3-13(21-23)4-8-15/h1-10,18,22H,11H2. The number of rotatable bonds is 4. The highest BCUT2D eigenvalue weighted by atomic mass is 32.2. The Kier molecular flexibility index (Phi) is 4.11. The molecule has 124 valence electrons. The predicted octanol–water partition coefficient (Wildman–Crippen LogP) is 5.37. The molecule has 0 radical (unpaired) electrons. The van der Waals surface area contributed by atoms with E-state index in [1.165, 1.54) is 0 Å². The maximum Gasteiger partial charge on any atom is 0.144 e. The molecule has 1 unspecified atom stereocenters. The summed E-state index contributed by atoms with van der Waals surface area (Å²) in [5.41, 5.74) is 2.52. The maximum absolute atomic E-state index is 10.5. The second kappa shape index (κ2) is 6.57. The molecule has 0 bridgehead atoms. The Balaban J connectivity index is 1.58. The number of phenols is 1. The SMILES string of the molecule is O=Nc1ccc(Oc2ccnc3c2SC(c2ccc(O)cc2)C3)cc1. The molecule has 2 heterocycles. The summed E-state index contributed by atoms with van der Waals surface area (Å²) in [7, 11) is 0. The second-order valence-corrected chi connectivity index (χ2v) is 6.89. The minimum atomic E-state index is 0.245. The van der Waals surface area contributed by atoms with Crippen molar-refractivity contribution in [3.8, 4) is 17.2 Å². The summed E-state index contributed by atoms with van der Waals surface area (Å²) in [5.74, 6) is 1.66. The average molecular weight is 350 g/mol. The summed E-state index contributed by atoms with van der Waals surface area (Å²) in [5, 5.41) is 12.6. The first kappa shape index (κ1) is 15.7. The molecule has 6 heteroatoms. The Morgan fingerprint density at radius 1 is 1.08 bits per heavy atom. The molecule has 1 N–H and O–H groups in total. The molecule has 5 nitrogen and oxygen atoms in total. The van der Waals surface area contributed by atoms with Gasteiger partial charge >= 0.3 is 0 Å². The zero-order valence-electron chi connectivity index (χ0n) is 13.1. The monoisotopic (exact) mass is 350 g/mol. The van der Waals surface area contributed by atoms with Crippen LogP contribution in [0.5, 0.6) is 17.2 Å². The topological polar surface area (TPSA) is 71.8 Å². The lowest BCUT2D eigenvalue weighted by Gasteiger charge is -2.10. The van der Waals surface area contributed by atoms with Crippen LogP contribution in [0.1, 0.15) is 16.5 Å². The van der Waals surface area contributed by atoms with Crippen molar-refractivity contribution in [1.82, 2.24) is 4.98 Å². The van der Waals surface area contributed by atoms with Crippen LogP contribution >= 0.6 is 11.8 Å². The van der Waals surface area contributed by atoms with Crippen molar-refractivity contribution in [2.24, 2.45) is 5.18 Å². The van der Waals surface area contributed by atoms with Crippen molar-refractivity contribution >= 4 is 17.4 Å².